The van der Waals surface area contributed by atoms with Gasteiger partial charge in [0.15, 0.2) is 5.78 Å². The van der Waals surface area contributed by atoms with Gasteiger partial charge in [0.25, 0.3) is 5.56 Å². The molecule has 0 saturated heterocycles. The number of nitrogens with two attached hydrogens (primary N) is 1. The number of rotatable bonds is 1. The summed E-state index contributed by atoms with van der Waals surface area (Å²) in [5.41, 5.74) is 3.64. The molecule has 0 amide bonds. The predicted molar refractivity (Wildman–Crippen MR) is 78.1 cm³/mol. The van der Waals surface area contributed by atoms with Crippen molar-refractivity contribution in [3.63, 3.8) is 0 Å². The minimum absolute atomic E-state index is 0.0509. The van der Waals surface area contributed by atoms with Crippen LogP contribution in [-0.2, 0) is 9.59 Å². The number of anilines is 1. The molecular weight excluding hydrogens is 270 g/mol. The Hall–Kier alpha value is -2.50. The van der Waals surface area contributed by atoms with E-state index in [1.807, 2.05) is 0 Å². The molecule has 0 radical (unpaired) electrons. The van der Waals surface area contributed by atoms with Crippen LogP contribution in [0.1, 0.15) is 43.3 Å². The van der Waals surface area contributed by atoms with Crippen molar-refractivity contribution in [1.82, 2.24) is 9.55 Å². The number of hydrogen-bond acceptors (Lipinski definition) is 5. The summed E-state index contributed by atoms with van der Waals surface area (Å²) in [6, 6.07) is -1.53. The zero-order valence-electron chi connectivity index (χ0n) is 19.6. The zero-order valence-corrected chi connectivity index (χ0v) is 10.6. The summed E-state index contributed by atoms with van der Waals surface area (Å²) in [6.45, 7) is -3.22. The molecule has 1 heterocycles. The summed E-state index contributed by atoms with van der Waals surface area (Å²) >= 11 is 0. The second kappa shape index (κ2) is 4.80. The molecule has 0 spiro atoms. The molecule has 1 atom stereocenters. The molecule has 21 heavy (non-hydrogen) atoms. The van der Waals surface area contributed by atoms with E-state index in [1.54, 1.807) is 0 Å². The van der Waals surface area contributed by atoms with Crippen molar-refractivity contribution < 1.29 is 21.9 Å². The summed E-state index contributed by atoms with van der Waals surface area (Å²) in [5.74, 6) is -4.10. The second-order valence-electron chi connectivity index (χ2n) is 4.35. The van der Waals surface area contributed by atoms with E-state index >= 15 is 0 Å². The van der Waals surface area contributed by atoms with Gasteiger partial charge in [-0.3, -0.25) is 19.0 Å². The maximum atomic E-state index is 13.3. The molecule has 3 rings (SSSR count). The summed E-state index contributed by atoms with van der Waals surface area (Å²) in [6.07, 6.45) is -8.25. The molecule has 1 unspecified atom stereocenters. The van der Waals surface area contributed by atoms with Crippen LogP contribution < -0.4 is 11.3 Å². The highest BCUT2D eigenvalue weighted by Crippen LogP contribution is 2.24. The van der Waals surface area contributed by atoms with E-state index in [2.05, 4.69) is 4.98 Å². The molecule has 108 valence electrons. The van der Waals surface area contributed by atoms with Crippen LogP contribution in [0.15, 0.2) is 23.0 Å². The van der Waals surface area contributed by atoms with E-state index in [0.29, 0.717) is 0 Å². The minimum Gasteiger partial charge on any atom is -0.398 e. The Bertz CT molecular complexity index is 1170. The number of aromatic nitrogens is 2. The number of benzene rings is 1. The molecule has 2 aromatic rings. The zero-order chi connectivity index (χ0) is 23.0. The molecule has 1 fully saturated rings. The van der Waals surface area contributed by atoms with E-state index in [-0.39, 0.29) is 16.1 Å². The number of carbonyl (C=O) groups excluding carboxylic acids is 2. The highest BCUT2D eigenvalue weighted by Gasteiger charge is 2.30. The number of fused-ring (bicyclic) bond motifs is 1. The number of aryl methyl sites for hydroxylation is 1. The van der Waals surface area contributed by atoms with Crippen LogP contribution in [0, 0.1) is 6.85 Å². The molecule has 2 N–H and O–H groups in total. The van der Waals surface area contributed by atoms with E-state index in [9.17, 15) is 14.4 Å². The van der Waals surface area contributed by atoms with Crippen LogP contribution in [-0.4, -0.2) is 21.1 Å². The maximum Gasteiger partial charge on any atom is 0.264 e. The standard InChI is InChI=1S/C15H15N3O3/c1-8-17-11-4-2-3-10(16)14(11)15(21)18(8)12-6-5-9(19)7-13(12)20/h2-4,12H,5-7,16H2,1H3/i1D3,3D,5D2,6D2,12D. The van der Waals surface area contributed by atoms with Crippen molar-refractivity contribution in [3.8, 4) is 0 Å². The third-order valence-corrected chi connectivity index (χ3v) is 2.99. The fourth-order valence-electron chi connectivity index (χ4n) is 2.05. The van der Waals surface area contributed by atoms with Gasteiger partial charge in [-0.2, -0.15) is 0 Å². The first kappa shape index (κ1) is 6.51. The van der Waals surface area contributed by atoms with Crippen molar-refractivity contribution in [1.29, 1.82) is 0 Å². The number of nitrogens with zero attached hydrogens (tertiary/aromatic N) is 2. The van der Waals surface area contributed by atoms with Gasteiger partial charge in [0, 0.05) is 21.7 Å². The Balaban J connectivity index is 2.58. The molecule has 1 aliphatic carbocycles. The smallest absolute Gasteiger partial charge is 0.264 e. The minimum atomic E-state index is -3.64. The average molecular weight is 294 g/mol. The van der Waals surface area contributed by atoms with E-state index < -0.39 is 66.1 Å². The van der Waals surface area contributed by atoms with E-state index in [1.165, 1.54) is 0 Å². The highest BCUT2D eigenvalue weighted by molar-refractivity contribution is 6.03. The third-order valence-electron chi connectivity index (χ3n) is 2.99. The van der Waals surface area contributed by atoms with Crippen molar-refractivity contribution in [2.24, 2.45) is 0 Å². The van der Waals surface area contributed by atoms with Gasteiger partial charge in [0.2, 0.25) is 0 Å². The quantitative estimate of drug-likeness (QED) is 0.629. The van der Waals surface area contributed by atoms with Gasteiger partial charge in [0.05, 0.1) is 26.1 Å². The first-order valence-electron chi connectivity index (χ1n) is 10.4. The Kier molecular flexibility index (Phi) is 1.49. The van der Waals surface area contributed by atoms with Crippen molar-refractivity contribution >= 4 is 28.2 Å². The fourth-order valence-corrected chi connectivity index (χ4v) is 2.05. The van der Waals surface area contributed by atoms with Gasteiger partial charge in [-0.1, -0.05) is 6.07 Å². The van der Waals surface area contributed by atoms with Crippen LogP contribution in [0.25, 0.3) is 10.9 Å². The lowest BCUT2D eigenvalue weighted by Gasteiger charge is -2.24. The Morgan fingerprint density at radius 3 is 3.14 bits per heavy atom. The van der Waals surface area contributed by atoms with Gasteiger partial charge in [-0.15, -0.1) is 0 Å². The average Bonchev–Trinajstić information content (AvgIpc) is 2.61. The lowest BCUT2D eigenvalue weighted by Crippen LogP contribution is -2.36. The lowest BCUT2D eigenvalue weighted by atomic mass is 9.92. The van der Waals surface area contributed by atoms with Crippen LogP contribution in [0.5, 0.6) is 0 Å². The van der Waals surface area contributed by atoms with Gasteiger partial charge < -0.3 is 5.73 Å². The van der Waals surface area contributed by atoms with Crippen molar-refractivity contribution in [2.75, 3.05) is 5.73 Å². The maximum absolute atomic E-state index is 13.3. The predicted octanol–water partition coefficient (Wildman–Crippen LogP) is 1.15. The monoisotopic (exact) mass is 294 g/mol. The highest BCUT2D eigenvalue weighted by atomic mass is 16.2. The summed E-state index contributed by atoms with van der Waals surface area (Å²) in [7, 11) is 0. The number of Topliss-reactive ketones (excluding diaryl/α,β-unsaturated/α-hetero) is 2. The fraction of sp³-hybridized carbons (Fsp3) is 0.333. The Labute approximate surface area is 133 Å². The van der Waals surface area contributed by atoms with E-state index in [4.69, 9.17) is 18.1 Å². The van der Waals surface area contributed by atoms with Crippen LogP contribution >= 0.6 is 0 Å². The first-order valence-corrected chi connectivity index (χ1v) is 5.89. The van der Waals surface area contributed by atoms with Gasteiger partial charge in [-0.05, 0) is 25.3 Å². The molecule has 1 saturated carbocycles. The summed E-state index contributed by atoms with van der Waals surface area (Å²) in [4.78, 5) is 41.7. The Morgan fingerprint density at radius 2 is 2.38 bits per heavy atom. The van der Waals surface area contributed by atoms with Gasteiger partial charge in [0.1, 0.15) is 11.6 Å². The Morgan fingerprint density at radius 1 is 1.57 bits per heavy atom. The van der Waals surface area contributed by atoms with Crippen LogP contribution in [0.4, 0.5) is 5.69 Å². The van der Waals surface area contributed by atoms with Crippen LogP contribution in [0.3, 0.4) is 0 Å². The van der Waals surface area contributed by atoms with Crippen molar-refractivity contribution in [2.45, 2.75) is 32.0 Å². The normalized spacial score (nSPS) is 34.4. The lowest BCUT2D eigenvalue weighted by molar-refractivity contribution is -0.132. The third kappa shape index (κ3) is 2.12. The van der Waals surface area contributed by atoms with Crippen LogP contribution in [0.2, 0.25) is 0 Å². The number of ketones is 2. The number of nitrogen functional groups attached to an aromatic ring is 1. The largest absolute Gasteiger partial charge is 0.398 e. The first-order chi connectivity index (χ1) is 13.5. The number of hydrogen-bond donors (Lipinski definition) is 1. The molecule has 6 heteroatoms. The molecule has 1 aromatic carbocycles. The van der Waals surface area contributed by atoms with Gasteiger partial charge >= 0.3 is 0 Å². The number of carbonyl (C=O) groups is 2. The molecular formula is C15H15N3O3. The molecule has 0 aliphatic heterocycles. The molecule has 1 aromatic heterocycles. The topological polar surface area (TPSA) is 95.0 Å². The summed E-state index contributed by atoms with van der Waals surface area (Å²) < 4.78 is 71.1. The molecule has 6 nitrogen and oxygen atoms in total. The summed E-state index contributed by atoms with van der Waals surface area (Å²) in [5, 5.41) is -0.525. The molecule has 1 aliphatic rings. The second-order valence-corrected chi connectivity index (χ2v) is 4.35. The van der Waals surface area contributed by atoms with E-state index in [0.717, 1.165) is 12.1 Å². The van der Waals surface area contributed by atoms with Gasteiger partial charge in [-0.25, -0.2) is 4.98 Å². The van der Waals surface area contributed by atoms with Crippen molar-refractivity contribution in [3.05, 3.63) is 34.4 Å². The SMILES string of the molecule is [2H]c1ccc2nc(C([2H])([2H])[2H])n(C3([2H])C(=O)CC(=O)C([2H])([2H])C3([2H])[2H])c(=O)c2c1N. The molecule has 0 bridgehead atoms.